The first-order valence-electron chi connectivity index (χ1n) is 9.21. The number of nitrogens with one attached hydrogen (secondary N) is 1. The number of benzene rings is 2. The van der Waals surface area contributed by atoms with Crippen LogP contribution in [-0.2, 0) is 20.0 Å². The van der Waals surface area contributed by atoms with Crippen molar-refractivity contribution < 1.29 is 34.7 Å². The van der Waals surface area contributed by atoms with Gasteiger partial charge in [-0.1, -0.05) is 19.9 Å². The lowest BCUT2D eigenvalue weighted by molar-refractivity contribution is -0.274. The predicted molar refractivity (Wildman–Crippen MR) is 110 cm³/mol. The zero-order valence-corrected chi connectivity index (χ0v) is 19.0. The fourth-order valence-electron chi connectivity index (χ4n) is 2.84. The molecule has 172 valence electrons. The van der Waals surface area contributed by atoms with Crippen LogP contribution < -0.4 is 9.46 Å². The zero-order valence-electron chi connectivity index (χ0n) is 17.3. The quantitative estimate of drug-likeness (QED) is 0.616. The van der Waals surface area contributed by atoms with Gasteiger partial charge in [0.2, 0.25) is 10.0 Å². The van der Waals surface area contributed by atoms with Gasteiger partial charge < -0.3 is 4.74 Å². The molecule has 0 aliphatic carbocycles. The summed E-state index contributed by atoms with van der Waals surface area (Å²) in [6, 6.07) is 6.55. The van der Waals surface area contributed by atoms with E-state index in [4.69, 9.17) is 0 Å². The van der Waals surface area contributed by atoms with Crippen molar-refractivity contribution in [2.24, 2.45) is 0 Å². The van der Waals surface area contributed by atoms with Crippen molar-refractivity contribution in [1.29, 1.82) is 0 Å². The van der Waals surface area contributed by atoms with Gasteiger partial charge in [0.15, 0.2) is 0 Å². The Morgan fingerprint density at radius 1 is 0.968 bits per heavy atom. The van der Waals surface area contributed by atoms with E-state index >= 15 is 0 Å². The minimum absolute atomic E-state index is 0.00729. The monoisotopic (exact) mass is 480 g/mol. The minimum atomic E-state index is -4.98. The molecule has 0 unspecified atom stereocenters. The maximum atomic E-state index is 12.8. The van der Waals surface area contributed by atoms with Crippen LogP contribution in [0.4, 0.5) is 18.9 Å². The fraction of sp³-hybridized carbons (Fsp3) is 0.368. The molecule has 0 heterocycles. The lowest BCUT2D eigenvalue weighted by atomic mass is 10.1. The van der Waals surface area contributed by atoms with Gasteiger partial charge in [0.25, 0.3) is 10.0 Å². The number of rotatable bonds is 8. The topological polar surface area (TPSA) is 92.8 Å². The number of nitrogens with zero attached hydrogens (tertiary/aromatic N) is 1. The van der Waals surface area contributed by atoms with Crippen molar-refractivity contribution >= 4 is 25.7 Å². The van der Waals surface area contributed by atoms with Gasteiger partial charge in [0, 0.05) is 19.2 Å². The van der Waals surface area contributed by atoms with Crippen molar-refractivity contribution in [3.05, 3.63) is 47.5 Å². The summed E-state index contributed by atoms with van der Waals surface area (Å²) in [6.45, 7) is 7.07. The van der Waals surface area contributed by atoms with E-state index < -0.39 is 37.1 Å². The number of hydrogen-bond donors (Lipinski definition) is 1. The molecule has 2 rings (SSSR count). The first kappa shape index (κ1) is 25.0. The van der Waals surface area contributed by atoms with Crippen molar-refractivity contribution in [1.82, 2.24) is 4.31 Å². The molecule has 0 amide bonds. The number of halogens is 3. The molecule has 0 bridgehead atoms. The van der Waals surface area contributed by atoms with Crippen molar-refractivity contribution in [3.63, 3.8) is 0 Å². The van der Waals surface area contributed by atoms with Crippen molar-refractivity contribution in [2.75, 3.05) is 17.8 Å². The second-order valence-electron chi connectivity index (χ2n) is 6.63. The van der Waals surface area contributed by atoms with Crippen LogP contribution in [0.3, 0.4) is 0 Å². The molecule has 2 aromatic rings. The molecule has 0 aliphatic heterocycles. The Balaban J connectivity index is 2.49. The van der Waals surface area contributed by atoms with Crippen molar-refractivity contribution in [3.8, 4) is 5.75 Å². The number of ether oxygens (including phenoxy) is 1. The van der Waals surface area contributed by atoms with E-state index in [1.54, 1.807) is 27.7 Å². The van der Waals surface area contributed by atoms with Crippen LogP contribution in [0.15, 0.2) is 46.2 Å². The largest absolute Gasteiger partial charge is 0.573 e. The van der Waals surface area contributed by atoms with Crippen LogP contribution in [0.2, 0.25) is 0 Å². The summed E-state index contributed by atoms with van der Waals surface area (Å²) < 4.78 is 95.9. The van der Waals surface area contributed by atoms with Gasteiger partial charge in [0.1, 0.15) is 5.75 Å². The number of alkyl halides is 3. The van der Waals surface area contributed by atoms with Gasteiger partial charge in [-0.15, -0.1) is 13.2 Å². The molecule has 0 aromatic heterocycles. The SMILES string of the molecule is CCN(CC)S(=O)(=O)c1cc(C)c(C)c(NS(=O)(=O)c2cccc(OC(F)(F)F)c2)c1. The third kappa shape index (κ3) is 5.89. The van der Waals surface area contributed by atoms with Crippen LogP contribution in [0.1, 0.15) is 25.0 Å². The molecule has 1 N–H and O–H groups in total. The molecule has 0 aliphatic rings. The lowest BCUT2D eigenvalue weighted by Gasteiger charge is -2.21. The average molecular weight is 481 g/mol. The van der Waals surface area contributed by atoms with Crippen molar-refractivity contribution in [2.45, 2.75) is 43.8 Å². The molecule has 2 aromatic carbocycles. The van der Waals surface area contributed by atoms with Gasteiger partial charge >= 0.3 is 6.36 Å². The number of aryl methyl sites for hydroxylation is 1. The maximum absolute atomic E-state index is 12.8. The Kier molecular flexibility index (Phi) is 7.28. The average Bonchev–Trinajstić information content (AvgIpc) is 2.64. The summed E-state index contributed by atoms with van der Waals surface area (Å²) in [5.41, 5.74) is 1.01. The Morgan fingerprint density at radius 3 is 2.13 bits per heavy atom. The highest BCUT2D eigenvalue weighted by Gasteiger charge is 2.31. The normalized spacial score (nSPS) is 12.8. The highest BCUT2D eigenvalue weighted by Crippen LogP contribution is 2.30. The first-order chi connectivity index (χ1) is 14.2. The van der Waals surface area contributed by atoms with E-state index in [1.165, 1.54) is 16.4 Å². The Labute approximate surface area is 179 Å². The summed E-state index contributed by atoms with van der Waals surface area (Å²) in [5, 5.41) is 0. The second-order valence-corrected chi connectivity index (χ2v) is 10.3. The maximum Gasteiger partial charge on any atom is 0.573 e. The third-order valence-corrected chi connectivity index (χ3v) is 7.97. The Bertz CT molecular complexity index is 1160. The van der Waals surface area contributed by atoms with Gasteiger partial charge in [-0.25, -0.2) is 16.8 Å². The molecule has 0 saturated heterocycles. The molecule has 7 nitrogen and oxygen atoms in total. The van der Waals surface area contributed by atoms with Crippen LogP contribution in [0.5, 0.6) is 5.75 Å². The minimum Gasteiger partial charge on any atom is -0.406 e. The number of hydrogen-bond acceptors (Lipinski definition) is 5. The van der Waals surface area contributed by atoms with Gasteiger partial charge in [0.05, 0.1) is 15.5 Å². The summed E-state index contributed by atoms with van der Waals surface area (Å²) in [7, 11) is -8.19. The molecule has 0 atom stereocenters. The van der Waals surface area contributed by atoms with E-state index in [0.717, 1.165) is 24.3 Å². The van der Waals surface area contributed by atoms with Crippen LogP contribution in [0.25, 0.3) is 0 Å². The summed E-state index contributed by atoms with van der Waals surface area (Å²) in [5.74, 6) is -0.693. The predicted octanol–water partition coefficient (Wildman–Crippen LogP) is 4.03. The van der Waals surface area contributed by atoms with E-state index in [0.29, 0.717) is 11.1 Å². The molecular formula is C19H23F3N2O5S2. The van der Waals surface area contributed by atoms with E-state index in [2.05, 4.69) is 9.46 Å². The Morgan fingerprint density at radius 2 is 1.58 bits per heavy atom. The lowest BCUT2D eigenvalue weighted by Crippen LogP contribution is -2.30. The third-order valence-electron chi connectivity index (χ3n) is 4.58. The molecule has 0 spiro atoms. The summed E-state index contributed by atoms with van der Waals surface area (Å²) in [4.78, 5) is -0.561. The Hall–Kier alpha value is -2.31. The van der Waals surface area contributed by atoms with Gasteiger partial charge in [-0.3, -0.25) is 4.72 Å². The van der Waals surface area contributed by atoms with Crippen LogP contribution >= 0.6 is 0 Å². The van der Waals surface area contributed by atoms with Crippen LogP contribution in [0, 0.1) is 13.8 Å². The molecule has 31 heavy (non-hydrogen) atoms. The standard InChI is InChI=1S/C19H23F3N2O5S2/c1-5-24(6-2)31(27,28)17-10-13(3)14(4)18(12-17)23-30(25,26)16-9-7-8-15(11-16)29-19(20,21)22/h7-12,23H,5-6H2,1-4H3. The van der Waals surface area contributed by atoms with Gasteiger partial charge in [-0.05, 0) is 49.2 Å². The molecule has 0 saturated carbocycles. The second kappa shape index (κ2) is 9.05. The molecule has 0 radical (unpaired) electrons. The fourth-order valence-corrected chi connectivity index (χ4v) is 5.55. The number of anilines is 1. The number of sulfonamides is 2. The van der Waals surface area contributed by atoms with Crippen LogP contribution in [-0.4, -0.2) is 40.6 Å². The molecular weight excluding hydrogens is 457 g/mol. The summed E-state index contributed by atoms with van der Waals surface area (Å²) in [6.07, 6.45) is -4.98. The highest BCUT2D eigenvalue weighted by molar-refractivity contribution is 7.92. The van der Waals surface area contributed by atoms with E-state index in [-0.39, 0.29) is 23.7 Å². The first-order valence-corrected chi connectivity index (χ1v) is 12.1. The van der Waals surface area contributed by atoms with Gasteiger partial charge in [-0.2, -0.15) is 4.31 Å². The molecule has 0 fully saturated rings. The summed E-state index contributed by atoms with van der Waals surface area (Å²) >= 11 is 0. The molecule has 12 heteroatoms. The zero-order chi connectivity index (χ0) is 23.6. The van der Waals surface area contributed by atoms with E-state index in [1.807, 2.05) is 0 Å². The smallest absolute Gasteiger partial charge is 0.406 e. The van der Waals surface area contributed by atoms with E-state index in [9.17, 15) is 30.0 Å². The highest BCUT2D eigenvalue weighted by atomic mass is 32.2.